The molecule has 0 saturated heterocycles. The number of carbonyl (C=O) groups is 6. The number of carboxylic acids is 6. The zero-order chi connectivity index (χ0) is 15.5. The second-order valence-corrected chi connectivity index (χ2v) is 1.72. The maximum absolute atomic E-state index is 8.93. The van der Waals surface area contributed by atoms with Crippen molar-refractivity contribution in [2.45, 2.75) is 0 Å². The molecule has 0 bridgehead atoms. The summed E-state index contributed by atoms with van der Waals surface area (Å²) in [5.41, 5.74) is 0. The number of rotatable bonds is 0. The van der Waals surface area contributed by atoms with Gasteiger partial charge in [0.25, 0.3) is 0 Å². The van der Waals surface area contributed by atoms with Crippen LogP contribution in [0, 0.1) is 0 Å². The van der Waals surface area contributed by atoms with Crippen LogP contribution >= 0.6 is 0 Å². The van der Waals surface area contributed by atoms with Crippen LogP contribution < -0.4 is 42.9 Å². The van der Waals surface area contributed by atoms with E-state index in [0.29, 0.717) is 0 Å². The Balaban J connectivity index is -0.0000000375. The van der Waals surface area contributed by atoms with E-state index in [0.717, 1.165) is 0 Å². The van der Waals surface area contributed by atoms with E-state index in [1.165, 1.54) is 0 Å². The van der Waals surface area contributed by atoms with E-state index < -0.39 is 35.8 Å². The van der Waals surface area contributed by atoms with Gasteiger partial charge in [0, 0.05) is 0 Å². The Hall–Kier alpha value is -2.55. The SMILES string of the molecule is O=C([O-])C(=O)[O-].O=C([O-])C(=O)[O-].O=C([O-])C(=O)[O-].[NH4+].[NH4+].[Ti+4]. The summed E-state index contributed by atoms with van der Waals surface area (Å²) in [6.45, 7) is 0. The molecule has 0 amide bonds. The predicted octanol–water partition coefficient (Wildman–Crippen LogP) is -9.79. The van der Waals surface area contributed by atoms with Crippen molar-refractivity contribution in [1.29, 1.82) is 0 Å². The molecule has 0 aromatic rings. The van der Waals surface area contributed by atoms with Gasteiger partial charge in [0.05, 0.1) is 35.8 Å². The number of carboxylic acid groups (broad SMARTS) is 6. The van der Waals surface area contributed by atoms with E-state index in [1.54, 1.807) is 0 Å². The fourth-order valence-corrected chi connectivity index (χ4v) is 0. The first-order chi connectivity index (χ1) is 7.93. The van der Waals surface area contributed by atoms with Gasteiger partial charge in [-0.05, 0) is 0 Å². The summed E-state index contributed by atoms with van der Waals surface area (Å²) in [6.07, 6.45) is 0. The van der Waals surface area contributed by atoms with Crippen molar-refractivity contribution in [3.63, 3.8) is 0 Å². The molecule has 0 rings (SSSR count). The fourth-order valence-electron chi connectivity index (χ4n) is 0. The second-order valence-electron chi connectivity index (χ2n) is 1.72. The van der Waals surface area contributed by atoms with E-state index in [-0.39, 0.29) is 34.0 Å². The van der Waals surface area contributed by atoms with Crippen LogP contribution in [0.5, 0.6) is 0 Å². The smallest absolute Gasteiger partial charge is 0.543 e. The topological polar surface area (TPSA) is 314 Å². The number of aliphatic carboxylic acids is 6. The molecule has 0 radical (unpaired) electrons. The molecule has 21 heavy (non-hydrogen) atoms. The molecule has 0 aromatic carbocycles. The molecule has 0 spiro atoms. The van der Waals surface area contributed by atoms with Crippen LogP contribution in [0.25, 0.3) is 0 Å². The second kappa shape index (κ2) is 19.8. The Labute approximate surface area is 130 Å². The maximum Gasteiger partial charge on any atom is 4.00 e. The van der Waals surface area contributed by atoms with Gasteiger partial charge >= 0.3 is 21.7 Å². The van der Waals surface area contributed by atoms with Gasteiger partial charge in [-0.2, -0.15) is 0 Å². The molecule has 0 aliphatic rings. The standard InChI is InChI=1S/3C2H2O4.2H3N.Ti/c3*3-1(4)2(5)6;;;/h3*(H,3,4)(H,5,6);2*1H3;/q;;;;;+4/p-4. The Morgan fingerprint density at radius 2 is 0.429 bits per heavy atom. The molecular formula is C6H8N2O12Ti. The summed E-state index contributed by atoms with van der Waals surface area (Å²) in [5, 5.41) is 53.6. The largest absolute Gasteiger partial charge is 4.00 e. The van der Waals surface area contributed by atoms with Crippen molar-refractivity contribution < 1.29 is 81.1 Å². The number of hydrogen-bond donors (Lipinski definition) is 2. The molecule has 8 N–H and O–H groups in total. The molecule has 0 aromatic heterocycles. The summed E-state index contributed by atoms with van der Waals surface area (Å²) in [4.78, 5) is 53.6. The summed E-state index contributed by atoms with van der Waals surface area (Å²) in [5.74, 6) is -13.1. The first-order valence-corrected chi connectivity index (χ1v) is 3.20. The minimum absolute atomic E-state index is 0. The quantitative estimate of drug-likeness (QED) is 0.304. The predicted molar refractivity (Wildman–Crippen MR) is 42.0 cm³/mol. The molecule has 0 aliphatic carbocycles. The first kappa shape index (κ1) is 36.2. The minimum atomic E-state index is -2.19. The van der Waals surface area contributed by atoms with Crippen LogP contribution in [0.1, 0.15) is 0 Å². The van der Waals surface area contributed by atoms with Gasteiger partial charge in [-0.3, -0.25) is 0 Å². The van der Waals surface area contributed by atoms with Crippen LogP contribution in [-0.2, 0) is 50.5 Å². The van der Waals surface area contributed by atoms with E-state index >= 15 is 0 Å². The molecule has 0 atom stereocenters. The number of carbonyl (C=O) groups excluding carboxylic acids is 6. The van der Waals surface area contributed by atoms with Gasteiger partial charge in [-0.15, -0.1) is 0 Å². The van der Waals surface area contributed by atoms with E-state index in [1.807, 2.05) is 0 Å². The van der Waals surface area contributed by atoms with Gasteiger partial charge in [-0.25, -0.2) is 0 Å². The maximum atomic E-state index is 8.93. The van der Waals surface area contributed by atoms with Crippen molar-refractivity contribution in [3.05, 3.63) is 0 Å². The van der Waals surface area contributed by atoms with E-state index in [2.05, 4.69) is 0 Å². The number of quaternary nitrogens is 2. The van der Waals surface area contributed by atoms with Crippen molar-refractivity contribution in [2.75, 3.05) is 0 Å². The normalized spacial score (nSPS) is 6.29. The summed E-state index contributed by atoms with van der Waals surface area (Å²) in [7, 11) is 0. The monoisotopic (exact) mass is 348 g/mol. The third kappa shape index (κ3) is 46.6. The molecule has 14 nitrogen and oxygen atoms in total. The first-order valence-electron chi connectivity index (χ1n) is 3.20. The minimum Gasteiger partial charge on any atom is -0.543 e. The van der Waals surface area contributed by atoms with Crippen molar-refractivity contribution in [1.82, 2.24) is 12.3 Å². The zero-order valence-corrected chi connectivity index (χ0v) is 12.0. The molecule has 0 unspecified atom stereocenters. The van der Waals surface area contributed by atoms with E-state index in [9.17, 15) is 0 Å². The van der Waals surface area contributed by atoms with Gasteiger partial charge in [-0.1, -0.05) is 0 Å². The summed E-state index contributed by atoms with van der Waals surface area (Å²) >= 11 is 0. The van der Waals surface area contributed by atoms with Crippen molar-refractivity contribution in [3.8, 4) is 0 Å². The van der Waals surface area contributed by atoms with Gasteiger partial charge in [0.15, 0.2) is 0 Å². The van der Waals surface area contributed by atoms with Crippen LogP contribution in [0.3, 0.4) is 0 Å². The summed E-state index contributed by atoms with van der Waals surface area (Å²) < 4.78 is 0. The van der Waals surface area contributed by atoms with E-state index in [4.69, 9.17) is 59.4 Å². The Morgan fingerprint density at radius 1 is 0.381 bits per heavy atom. The molecular weight excluding hydrogens is 340 g/mol. The third-order valence-corrected chi connectivity index (χ3v) is 0.500. The van der Waals surface area contributed by atoms with Crippen LogP contribution in [0.2, 0.25) is 0 Å². The van der Waals surface area contributed by atoms with Crippen LogP contribution in [0.4, 0.5) is 0 Å². The van der Waals surface area contributed by atoms with Crippen LogP contribution in [-0.4, -0.2) is 35.8 Å². The Morgan fingerprint density at radius 3 is 0.429 bits per heavy atom. The average molecular weight is 348 g/mol. The van der Waals surface area contributed by atoms with Crippen LogP contribution in [0.15, 0.2) is 0 Å². The molecule has 0 saturated carbocycles. The van der Waals surface area contributed by atoms with Crippen molar-refractivity contribution in [2.24, 2.45) is 0 Å². The van der Waals surface area contributed by atoms with Gasteiger partial charge < -0.3 is 71.7 Å². The van der Waals surface area contributed by atoms with Gasteiger partial charge in [0.1, 0.15) is 0 Å². The Kier molecular flexibility index (Phi) is 34.2. The molecule has 15 heteroatoms. The molecule has 0 fully saturated rings. The zero-order valence-electron chi connectivity index (χ0n) is 10.4. The molecule has 0 heterocycles. The third-order valence-electron chi connectivity index (χ3n) is 0.500. The fraction of sp³-hybridized carbons (Fsp3) is 0. The molecule has 0 aliphatic heterocycles. The van der Waals surface area contributed by atoms with Crippen molar-refractivity contribution >= 4 is 35.8 Å². The summed E-state index contributed by atoms with van der Waals surface area (Å²) in [6, 6.07) is 0. The van der Waals surface area contributed by atoms with Gasteiger partial charge in [0.2, 0.25) is 0 Å². The molecule has 118 valence electrons. The average Bonchev–Trinajstić information content (AvgIpc) is 2.18. The Bertz CT molecular complexity index is 287. The number of hydrogen-bond acceptors (Lipinski definition) is 12.